The average Bonchev–Trinajstić information content (AvgIpc) is 2.94. The van der Waals surface area contributed by atoms with E-state index in [1.807, 2.05) is 68.4 Å². The van der Waals surface area contributed by atoms with Gasteiger partial charge in [0.1, 0.15) is 18.3 Å². The van der Waals surface area contributed by atoms with Gasteiger partial charge >= 0.3 is 0 Å². The zero-order valence-electron chi connectivity index (χ0n) is 24.0. The predicted octanol–water partition coefficient (Wildman–Crippen LogP) is 4.98. The Labute approximate surface area is 248 Å². The van der Waals surface area contributed by atoms with Gasteiger partial charge < -0.3 is 15.0 Å². The molecule has 0 heterocycles. The van der Waals surface area contributed by atoms with Crippen molar-refractivity contribution in [2.45, 2.75) is 45.7 Å². The van der Waals surface area contributed by atoms with E-state index in [9.17, 15) is 18.0 Å². The van der Waals surface area contributed by atoms with Gasteiger partial charge in [0.2, 0.25) is 21.8 Å². The predicted molar refractivity (Wildman–Crippen MR) is 164 cm³/mol. The number of carbonyl (C=O) groups excluding carboxylic acids is 2. The first kappa shape index (κ1) is 32.0. The number of methoxy groups -OCH3 is 1. The van der Waals surface area contributed by atoms with Crippen molar-refractivity contribution >= 4 is 39.1 Å². The van der Waals surface area contributed by atoms with E-state index in [1.165, 1.54) is 18.1 Å². The number of ether oxygens (including phenoxy) is 1. The number of carbonyl (C=O) groups is 2. The van der Waals surface area contributed by atoms with Crippen LogP contribution in [0.1, 0.15) is 36.5 Å². The number of rotatable bonds is 14. The Bertz CT molecular complexity index is 1430. The highest BCUT2D eigenvalue weighted by Gasteiger charge is 2.34. The number of anilines is 1. The summed E-state index contributed by atoms with van der Waals surface area (Å²) < 4.78 is 32.4. The zero-order chi connectivity index (χ0) is 30.0. The third kappa shape index (κ3) is 8.96. The van der Waals surface area contributed by atoms with Crippen molar-refractivity contribution in [3.8, 4) is 5.75 Å². The van der Waals surface area contributed by atoms with Gasteiger partial charge in [-0.15, -0.1) is 0 Å². The van der Waals surface area contributed by atoms with Crippen molar-refractivity contribution in [2.75, 3.05) is 30.8 Å². The van der Waals surface area contributed by atoms with Gasteiger partial charge in [0.25, 0.3) is 0 Å². The number of hydrogen-bond acceptors (Lipinski definition) is 5. The average molecular weight is 600 g/mol. The Morgan fingerprint density at radius 2 is 1.71 bits per heavy atom. The van der Waals surface area contributed by atoms with Gasteiger partial charge in [-0.3, -0.25) is 13.9 Å². The summed E-state index contributed by atoms with van der Waals surface area (Å²) in [4.78, 5) is 29.4. The molecule has 1 atom stereocenters. The minimum atomic E-state index is -3.95. The summed E-state index contributed by atoms with van der Waals surface area (Å²) in [7, 11) is -2.54. The minimum absolute atomic E-state index is 0.120. The number of aryl methyl sites for hydroxylation is 1. The van der Waals surface area contributed by atoms with E-state index in [2.05, 4.69) is 5.32 Å². The second kappa shape index (κ2) is 14.9. The van der Waals surface area contributed by atoms with Gasteiger partial charge in [0, 0.05) is 24.5 Å². The van der Waals surface area contributed by atoms with E-state index >= 15 is 0 Å². The van der Waals surface area contributed by atoms with Gasteiger partial charge in [-0.25, -0.2) is 8.42 Å². The van der Waals surface area contributed by atoms with Gasteiger partial charge in [-0.05, 0) is 48.2 Å². The highest BCUT2D eigenvalue weighted by Crippen LogP contribution is 2.33. The first-order valence-corrected chi connectivity index (χ1v) is 15.7. The molecule has 0 radical (unpaired) electrons. The topological polar surface area (TPSA) is 96.0 Å². The molecular formula is C31H38ClN3O5S. The van der Waals surface area contributed by atoms with Crippen LogP contribution in [-0.4, -0.2) is 57.6 Å². The van der Waals surface area contributed by atoms with Crippen LogP contribution < -0.4 is 14.4 Å². The Balaban J connectivity index is 2.09. The molecule has 10 heteroatoms. The molecule has 220 valence electrons. The molecular weight excluding hydrogens is 562 g/mol. The lowest BCUT2D eigenvalue weighted by atomic mass is 10.0. The largest absolute Gasteiger partial charge is 0.495 e. The van der Waals surface area contributed by atoms with Crippen molar-refractivity contribution in [1.29, 1.82) is 0 Å². The van der Waals surface area contributed by atoms with E-state index in [1.54, 1.807) is 12.1 Å². The lowest BCUT2D eigenvalue weighted by Crippen LogP contribution is -2.53. The molecule has 1 N–H and O–H groups in total. The molecule has 0 saturated heterocycles. The summed E-state index contributed by atoms with van der Waals surface area (Å²) in [6.07, 6.45) is 2.98. The number of nitrogens with one attached hydrogen (secondary N) is 1. The van der Waals surface area contributed by atoms with Crippen LogP contribution in [0.2, 0.25) is 5.02 Å². The lowest BCUT2D eigenvalue weighted by Gasteiger charge is -2.34. The van der Waals surface area contributed by atoms with Crippen LogP contribution in [0.25, 0.3) is 0 Å². The fraction of sp³-hybridized carbons (Fsp3) is 0.355. The highest BCUT2D eigenvalue weighted by molar-refractivity contribution is 7.92. The molecule has 0 aliphatic heterocycles. The third-order valence-corrected chi connectivity index (χ3v) is 8.15. The van der Waals surface area contributed by atoms with Crippen molar-refractivity contribution in [2.24, 2.45) is 0 Å². The van der Waals surface area contributed by atoms with Crippen molar-refractivity contribution in [3.05, 3.63) is 94.5 Å². The Kier molecular flexibility index (Phi) is 11.6. The minimum Gasteiger partial charge on any atom is -0.495 e. The summed E-state index contributed by atoms with van der Waals surface area (Å²) in [5, 5.41) is 3.27. The van der Waals surface area contributed by atoms with Crippen LogP contribution in [-0.2, 0) is 32.6 Å². The van der Waals surface area contributed by atoms with Gasteiger partial charge in [0.15, 0.2) is 0 Å². The summed E-state index contributed by atoms with van der Waals surface area (Å²) in [5.74, 6) is -0.584. The molecule has 0 aliphatic carbocycles. The summed E-state index contributed by atoms with van der Waals surface area (Å²) >= 11 is 6.21. The van der Waals surface area contributed by atoms with Crippen LogP contribution in [0.4, 0.5) is 5.69 Å². The number of halogens is 1. The van der Waals surface area contributed by atoms with E-state index in [-0.39, 0.29) is 35.3 Å². The summed E-state index contributed by atoms with van der Waals surface area (Å²) in [6.45, 7) is 4.02. The second-order valence-corrected chi connectivity index (χ2v) is 12.2. The molecule has 41 heavy (non-hydrogen) atoms. The van der Waals surface area contributed by atoms with Crippen LogP contribution in [0, 0.1) is 6.92 Å². The molecule has 0 aliphatic rings. The lowest BCUT2D eigenvalue weighted by molar-refractivity contribution is -0.140. The molecule has 0 spiro atoms. The van der Waals surface area contributed by atoms with E-state index in [0.29, 0.717) is 6.54 Å². The number of benzene rings is 3. The molecule has 8 nitrogen and oxygen atoms in total. The Morgan fingerprint density at radius 3 is 2.34 bits per heavy atom. The van der Waals surface area contributed by atoms with Gasteiger partial charge in [-0.1, -0.05) is 79.5 Å². The Morgan fingerprint density at radius 1 is 1.02 bits per heavy atom. The Hall–Kier alpha value is -3.56. The van der Waals surface area contributed by atoms with E-state index < -0.39 is 28.5 Å². The highest BCUT2D eigenvalue weighted by atomic mass is 35.5. The SMILES string of the molecule is CCCCNC(=O)[C@H](Cc1ccccc1)N(Cc1ccccc1C)C(=O)CN(c1cc(Cl)ccc1OC)S(C)(=O)=O. The van der Waals surface area contributed by atoms with Crippen molar-refractivity contribution < 1.29 is 22.7 Å². The summed E-state index contributed by atoms with van der Waals surface area (Å²) in [5.41, 5.74) is 2.82. The van der Waals surface area contributed by atoms with E-state index in [0.717, 1.165) is 40.1 Å². The molecule has 3 aromatic carbocycles. The quantitative estimate of drug-likeness (QED) is 0.264. The maximum atomic E-state index is 14.2. The molecule has 2 amide bonds. The van der Waals surface area contributed by atoms with E-state index in [4.69, 9.17) is 16.3 Å². The number of sulfonamides is 1. The molecule has 0 bridgehead atoms. The molecule has 0 fully saturated rings. The standard InChI is InChI=1S/C31H38ClN3O5S/c1-5-6-18-33-31(37)28(19-24-13-8-7-9-14-24)34(21-25-15-11-10-12-23(25)2)30(36)22-35(41(4,38)39)27-20-26(32)16-17-29(27)40-3/h7-17,20,28H,5-6,18-19,21-22H2,1-4H3,(H,33,37)/t28-/m0/s1. The maximum Gasteiger partial charge on any atom is 0.244 e. The molecule has 0 saturated carbocycles. The first-order valence-electron chi connectivity index (χ1n) is 13.5. The number of amides is 2. The van der Waals surface area contributed by atoms with Crippen LogP contribution >= 0.6 is 11.6 Å². The van der Waals surface area contributed by atoms with Gasteiger partial charge in [-0.2, -0.15) is 0 Å². The fourth-order valence-corrected chi connectivity index (χ4v) is 5.50. The number of nitrogens with zero attached hydrogens (tertiary/aromatic N) is 2. The van der Waals surface area contributed by atoms with Crippen molar-refractivity contribution in [3.63, 3.8) is 0 Å². The number of unbranched alkanes of at least 4 members (excludes halogenated alkanes) is 1. The molecule has 0 aromatic heterocycles. The van der Waals surface area contributed by atoms with Crippen LogP contribution in [0.3, 0.4) is 0 Å². The summed E-state index contributed by atoms with van der Waals surface area (Å²) in [6, 6.07) is 20.8. The third-order valence-electron chi connectivity index (χ3n) is 6.79. The second-order valence-electron chi connectivity index (χ2n) is 9.88. The van der Waals surface area contributed by atoms with Crippen LogP contribution in [0.15, 0.2) is 72.8 Å². The normalized spacial score (nSPS) is 11.9. The zero-order valence-corrected chi connectivity index (χ0v) is 25.5. The fourth-order valence-electron chi connectivity index (χ4n) is 4.48. The molecule has 3 aromatic rings. The number of hydrogen-bond donors (Lipinski definition) is 1. The molecule has 0 unspecified atom stereocenters. The monoisotopic (exact) mass is 599 g/mol. The maximum absolute atomic E-state index is 14.2. The van der Waals surface area contributed by atoms with Gasteiger partial charge in [0.05, 0.1) is 19.1 Å². The smallest absolute Gasteiger partial charge is 0.244 e. The molecule has 3 rings (SSSR count). The van der Waals surface area contributed by atoms with Crippen LogP contribution in [0.5, 0.6) is 5.75 Å². The van der Waals surface area contributed by atoms with Crippen molar-refractivity contribution in [1.82, 2.24) is 10.2 Å². The first-order chi connectivity index (χ1) is 19.5.